The van der Waals surface area contributed by atoms with Crippen molar-refractivity contribution in [3.05, 3.63) is 59.5 Å². The molecular weight excluding hydrogens is 346 g/mol. The van der Waals surface area contributed by atoms with E-state index in [9.17, 15) is 14.4 Å². The lowest BCUT2D eigenvalue weighted by molar-refractivity contribution is -0.135. The van der Waals surface area contributed by atoms with E-state index in [0.29, 0.717) is 5.76 Å². The summed E-state index contributed by atoms with van der Waals surface area (Å²) in [5.74, 6) is -0.518. The van der Waals surface area contributed by atoms with Gasteiger partial charge < -0.3 is 15.1 Å². The number of amides is 4. The van der Waals surface area contributed by atoms with Gasteiger partial charge in [0.1, 0.15) is 12.3 Å². The van der Waals surface area contributed by atoms with E-state index in [1.54, 1.807) is 19.1 Å². The van der Waals surface area contributed by atoms with Gasteiger partial charge in [0, 0.05) is 0 Å². The number of furan rings is 1. The molecule has 2 aliphatic rings. The minimum Gasteiger partial charge on any atom is -0.466 e. The Morgan fingerprint density at radius 2 is 2.11 bits per heavy atom. The first-order valence-corrected chi connectivity index (χ1v) is 9.04. The number of carbonyl (C=O) groups excluding carboxylic acids is 3. The van der Waals surface area contributed by atoms with Crippen LogP contribution in [0.1, 0.15) is 42.7 Å². The highest BCUT2D eigenvalue weighted by Gasteiger charge is 2.51. The molecule has 140 valence electrons. The van der Waals surface area contributed by atoms with Crippen LogP contribution in [0, 0.1) is 0 Å². The Kier molecular flexibility index (Phi) is 4.22. The average molecular weight is 367 g/mol. The normalized spacial score (nSPS) is 24.5. The molecule has 0 bridgehead atoms. The van der Waals surface area contributed by atoms with Gasteiger partial charge in [0.25, 0.3) is 5.91 Å². The summed E-state index contributed by atoms with van der Waals surface area (Å²) in [6, 6.07) is 10.6. The Balaban J connectivity index is 1.46. The van der Waals surface area contributed by atoms with Crippen LogP contribution in [0.25, 0.3) is 0 Å². The number of benzene rings is 1. The van der Waals surface area contributed by atoms with E-state index < -0.39 is 17.5 Å². The third-order valence-electron chi connectivity index (χ3n) is 5.30. The minimum atomic E-state index is -1.29. The quantitative estimate of drug-likeness (QED) is 0.811. The molecular formula is C20H21N3O4. The lowest BCUT2D eigenvalue weighted by Gasteiger charge is -2.27. The Bertz CT molecular complexity index is 892. The van der Waals surface area contributed by atoms with Gasteiger partial charge in [-0.05, 0) is 49.4 Å². The molecule has 4 rings (SSSR count). The number of aryl methyl sites for hydroxylation is 1. The van der Waals surface area contributed by atoms with E-state index >= 15 is 0 Å². The second-order valence-electron chi connectivity index (χ2n) is 7.13. The standard InChI is InChI=1S/C20H21N3O4/c1-20(16-10-5-11-27-16)18(25)23(19(26)22-20)12-17(24)21-15-9-4-7-13-6-2-3-8-14(13)15/h2-3,5-6,8,10-11,15H,4,7,9,12H2,1H3,(H,21,24)(H,22,26)/t15-,20+/m0/s1. The van der Waals surface area contributed by atoms with Gasteiger partial charge in [-0.2, -0.15) is 0 Å². The molecule has 1 aromatic heterocycles. The van der Waals surface area contributed by atoms with E-state index in [0.717, 1.165) is 29.7 Å². The largest absolute Gasteiger partial charge is 0.466 e. The van der Waals surface area contributed by atoms with E-state index in [1.165, 1.54) is 11.8 Å². The first kappa shape index (κ1) is 17.3. The molecule has 1 saturated heterocycles. The van der Waals surface area contributed by atoms with Crippen LogP contribution in [0.3, 0.4) is 0 Å². The molecule has 0 spiro atoms. The second-order valence-corrected chi connectivity index (χ2v) is 7.13. The van der Waals surface area contributed by atoms with Gasteiger partial charge in [0.05, 0.1) is 12.3 Å². The van der Waals surface area contributed by atoms with Crippen LogP contribution in [-0.2, 0) is 21.5 Å². The predicted octanol–water partition coefficient (Wildman–Crippen LogP) is 2.24. The first-order valence-electron chi connectivity index (χ1n) is 9.04. The fourth-order valence-corrected chi connectivity index (χ4v) is 3.86. The van der Waals surface area contributed by atoms with E-state index in [1.807, 2.05) is 18.2 Å². The molecule has 7 nitrogen and oxygen atoms in total. The van der Waals surface area contributed by atoms with Crippen molar-refractivity contribution in [1.82, 2.24) is 15.5 Å². The monoisotopic (exact) mass is 367 g/mol. The Labute approximate surface area is 156 Å². The van der Waals surface area contributed by atoms with Crippen LogP contribution in [0.5, 0.6) is 0 Å². The molecule has 1 aromatic carbocycles. The molecule has 1 aliphatic carbocycles. The number of rotatable bonds is 4. The van der Waals surface area contributed by atoms with Gasteiger partial charge in [-0.3, -0.25) is 14.5 Å². The number of nitrogens with zero attached hydrogens (tertiary/aromatic N) is 1. The van der Waals surface area contributed by atoms with Gasteiger partial charge in [0.15, 0.2) is 5.54 Å². The van der Waals surface area contributed by atoms with Gasteiger partial charge in [0.2, 0.25) is 5.91 Å². The van der Waals surface area contributed by atoms with Crippen LogP contribution in [0.15, 0.2) is 47.1 Å². The van der Waals surface area contributed by atoms with Crippen LogP contribution in [0.2, 0.25) is 0 Å². The lowest BCUT2D eigenvalue weighted by Crippen LogP contribution is -2.44. The van der Waals surface area contributed by atoms with Crippen molar-refractivity contribution in [1.29, 1.82) is 0 Å². The maximum atomic E-state index is 12.8. The molecule has 4 amide bonds. The molecule has 2 N–H and O–H groups in total. The highest BCUT2D eigenvalue weighted by atomic mass is 16.3. The molecule has 0 saturated carbocycles. The van der Waals surface area contributed by atoms with Crippen molar-refractivity contribution in [3.63, 3.8) is 0 Å². The first-order chi connectivity index (χ1) is 13.0. The lowest BCUT2D eigenvalue weighted by atomic mass is 9.88. The zero-order valence-corrected chi connectivity index (χ0v) is 15.0. The van der Waals surface area contributed by atoms with Crippen molar-refractivity contribution in [2.45, 2.75) is 37.8 Å². The van der Waals surface area contributed by atoms with E-state index in [-0.39, 0.29) is 18.5 Å². The second kappa shape index (κ2) is 6.57. The summed E-state index contributed by atoms with van der Waals surface area (Å²) in [5.41, 5.74) is 1.04. The number of hydrogen-bond acceptors (Lipinski definition) is 4. The van der Waals surface area contributed by atoms with Crippen molar-refractivity contribution in [3.8, 4) is 0 Å². The topological polar surface area (TPSA) is 91.7 Å². The van der Waals surface area contributed by atoms with Gasteiger partial charge in [-0.25, -0.2) is 4.79 Å². The van der Waals surface area contributed by atoms with Crippen molar-refractivity contribution in [2.75, 3.05) is 6.54 Å². The van der Waals surface area contributed by atoms with Crippen LogP contribution in [0.4, 0.5) is 4.79 Å². The number of urea groups is 1. The maximum Gasteiger partial charge on any atom is 0.325 e. The summed E-state index contributed by atoms with van der Waals surface area (Å²) >= 11 is 0. The molecule has 0 radical (unpaired) electrons. The highest BCUT2D eigenvalue weighted by molar-refractivity contribution is 6.08. The van der Waals surface area contributed by atoms with E-state index in [2.05, 4.69) is 16.7 Å². The summed E-state index contributed by atoms with van der Waals surface area (Å²) < 4.78 is 5.29. The van der Waals surface area contributed by atoms with Gasteiger partial charge in [-0.1, -0.05) is 24.3 Å². The Hall–Kier alpha value is -3.09. The molecule has 0 unspecified atom stereocenters. The fourth-order valence-electron chi connectivity index (χ4n) is 3.86. The third kappa shape index (κ3) is 2.99. The third-order valence-corrected chi connectivity index (χ3v) is 5.30. The predicted molar refractivity (Wildman–Crippen MR) is 96.6 cm³/mol. The number of hydrogen-bond donors (Lipinski definition) is 2. The SMILES string of the molecule is C[C@]1(c2ccco2)NC(=O)N(CC(=O)N[C@H]2CCCc3ccccc32)C1=O. The summed E-state index contributed by atoms with van der Waals surface area (Å²) in [4.78, 5) is 38.6. The number of fused-ring (bicyclic) bond motifs is 1. The van der Waals surface area contributed by atoms with Crippen molar-refractivity contribution in [2.24, 2.45) is 0 Å². The van der Waals surface area contributed by atoms with Crippen molar-refractivity contribution >= 4 is 17.8 Å². The smallest absolute Gasteiger partial charge is 0.325 e. The Morgan fingerprint density at radius 3 is 2.89 bits per heavy atom. The zero-order chi connectivity index (χ0) is 19.0. The number of carbonyl (C=O) groups is 3. The number of nitrogens with one attached hydrogen (secondary N) is 2. The molecule has 1 fully saturated rings. The van der Waals surface area contributed by atoms with E-state index in [4.69, 9.17) is 4.42 Å². The number of imide groups is 1. The molecule has 1 aliphatic heterocycles. The average Bonchev–Trinajstić information content (AvgIpc) is 3.27. The zero-order valence-electron chi connectivity index (χ0n) is 15.0. The summed E-state index contributed by atoms with van der Waals surface area (Å²) in [6.45, 7) is 1.25. The molecule has 2 atom stereocenters. The highest BCUT2D eigenvalue weighted by Crippen LogP contribution is 2.30. The van der Waals surface area contributed by atoms with Crippen LogP contribution in [-0.4, -0.2) is 29.3 Å². The van der Waals surface area contributed by atoms with Gasteiger partial charge >= 0.3 is 6.03 Å². The Morgan fingerprint density at radius 1 is 1.30 bits per heavy atom. The van der Waals surface area contributed by atoms with Gasteiger partial charge in [-0.15, -0.1) is 0 Å². The molecule has 27 heavy (non-hydrogen) atoms. The summed E-state index contributed by atoms with van der Waals surface area (Å²) in [6.07, 6.45) is 4.27. The summed E-state index contributed by atoms with van der Waals surface area (Å²) in [7, 11) is 0. The molecule has 2 heterocycles. The summed E-state index contributed by atoms with van der Waals surface area (Å²) in [5, 5.41) is 5.59. The molecule has 7 heteroatoms. The minimum absolute atomic E-state index is 0.0975. The van der Waals surface area contributed by atoms with Crippen LogP contribution < -0.4 is 10.6 Å². The fraction of sp³-hybridized carbons (Fsp3) is 0.350. The molecule has 2 aromatic rings. The van der Waals surface area contributed by atoms with Crippen molar-refractivity contribution < 1.29 is 18.8 Å². The maximum absolute atomic E-state index is 12.8. The van der Waals surface area contributed by atoms with Crippen LogP contribution >= 0.6 is 0 Å².